The quantitative estimate of drug-likeness (QED) is 0.500. The van der Waals surface area contributed by atoms with Gasteiger partial charge in [-0.05, 0) is 25.1 Å². The van der Waals surface area contributed by atoms with Crippen molar-refractivity contribution in [2.45, 2.75) is 19.8 Å². The lowest BCUT2D eigenvalue weighted by Gasteiger charge is -2.33. The van der Waals surface area contributed by atoms with Gasteiger partial charge in [0.05, 0.1) is 34.3 Å². The van der Waals surface area contributed by atoms with Crippen molar-refractivity contribution in [2.75, 3.05) is 48.8 Å². The fourth-order valence-corrected chi connectivity index (χ4v) is 4.40. The third kappa shape index (κ3) is 4.97. The number of nitrogens with zero attached hydrogens (tertiary/aromatic N) is 5. The first-order valence-corrected chi connectivity index (χ1v) is 11.5. The summed E-state index contributed by atoms with van der Waals surface area (Å²) in [5.41, 5.74) is 10.3. The van der Waals surface area contributed by atoms with Crippen LogP contribution in [0.3, 0.4) is 0 Å². The third-order valence-electron chi connectivity index (χ3n) is 5.43. The Hall–Kier alpha value is -3.24. The highest BCUT2D eigenvalue weighted by molar-refractivity contribution is 7.14. The van der Waals surface area contributed by atoms with Crippen LogP contribution in [-0.2, 0) is 0 Å². The topological polar surface area (TPSA) is 112 Å². The number of hydrogen-bond donors (Lipinski definition) is 3. The highest BCUT2D eigenvalue weighted by atomic mass is 32.1. The molecule has 4 rings (SSSR count). The number of piperazine rings is 1. The lowest BCUT2D eigenvalue weighted by atomic mass is 10.1. The zero-order valence-electron chi connectivity index (χ0n) is 18.5. The van der Waals surface area contributed by atoms with Crippen molar-refractivity contribution in [1.29, 1.82) is 0 Å². The molecule has 0 saturated carbocycles. The molecule has 1 fully saturated rings. The lowest BCUT2D eigenvalue weighted by molar-refractivity contribution is 0.100. The Kier molecular flexibility index (Phi) is 6.52. The number of hydrogen-bond acceptors (Lipinski definition) is 9. The molecule has 3 aromatic rings. The molecule has 1 amide bonds. The lowest BCUT2D eigenvalue weighted by Crippen LogP contribution is -2.44. The van der Waals surface area contributed by atoms with E-state index in [9.17, 15) is 4.79 Å². The Morgan fingerprint density at radius 3 is 2.47 bits per heavy atom. The van der Waals surface area contributed by atoms with Crippen LogP contribution in [0.1, 0.15) is 35.8 Å². The zero-order valence-corrected chi connectivity index (χ0v) is 19.3. The number of nitrogens with one attached hydrogen (secondary N) is 2. The number of carbonyl (C=O) groups excluding carboxylic acids is 1. The molecule has 10 heteroatoms. The van der Waals surface area contributed by atoms with Crippen molar-refractivity contribution in [3.05, 3.63) is 47.4 Å². The molecule has 1 saturated heterocycles. The number of likely N-dealkylation sites (N-methyl/N-ethyl adjacent to an activating group) is 1. The fraction of sp³-hybridized carbons (Fsp3) is 0.364. The first-order chi connectivity index (χ1) is 15.4. The highest BCUT2D eigenvalue weighted by Crippen LogP contribution is 2.32. The minimum Gasteiger partial charge on any atom is -0.368 e. The molecule has 1 aliphatic heterocycles. The van der Waals surface area contributed by atoms with Crippen LogP contribution in [0.5, 0.6) is 0 Å². The van der Waals surface area contributed by atoms with Crippen molar-refractivity contribution >= 4 is 45.3 Å². The van der Waals surface area contributed by atoms with Crippen molar-refractivity contribution in [3.63, 3.8) is 0 Å². The number of thiazole rings is 1. The second kappa shape index (κ2) is 9.49. The highest BCUT2D eigenvalue weighted by Gasteiger charge is 2.17. The Labute approximate surface area is 191 Å². The van der Waals surface area contributed by atoms with E-state index in [4.69, 9.17) is 5.73 Å². The van der Waals surface area contributed by atoms with Gasteiger partial charge in [-0.15, -0.1) is 11.3 Å². The summed E-state index contributed by atoms with van der Waals surface area (Å²) in [7, 11) is 2.14. The first kappa shape index (κ1) is 22.0. The molecule has 3 aromatic heterocycles. The summed E-state index contributed by atoms with van der Waals surface area (Å²) in [6.45, 7) is 8.23. The molecule has 0 bridgehead atoms. The molecule has 0 aliphatic carbocycles. The maximum Gasteiger partial charge on any atom is 0.252 e. The predicted molar refractivity (Wildman–Crippen MR) is 129 cm³/mol. The van der Waals surface area contributed by atoms with Gasteiger partial charge in [0.25, 0.3) is 5.91 Å². The van der Waals surface area contributed by atoms with E-state index in [0.717, 1.165) is 42.6 Å². The van der Waals surface area contributed by atoms with Gasteiger partial charge in [0.15, 0.2) is 0 Å². The van der Waals surface area contributed by atoms with Gasteiger partial charge in [-0.1, -0.05) is 13.8 Å². The minimum atomic E-state index is -0.545. The van der Waals surface area contributed by atoms with E-state index in [1.807, 2.05) is 12.3 Å². The summed E-state index contributed by atoms with van der Waals surface area (Å²) >= 11 is 1.48. The van der Waals surface area contributed by atoms with Gasteiger partial charge in [0.1, 0.15) is 16.6 Å². The van der Waals surface area contributed by atoms with Crippen LogP contribution in [-0.4, -0.2) is 59.0 Å². The Bertz CT molecular complexity index is 1070. The van der Waals surface area contributed by atoms with E-state index in [1.54, 1.807) is 11.6 Å². The summed E-state index contributed by atoms with van der Waals surface area (Å²) in [6, 6.07) is 5.76. The summed E-state index contributed by atoms with van der Waals surface area (Å²) in [5.74, 6) is 0.946. The van der Waals surface area contributed by atoms with E-state index < -0.39 is 5.91 Å². The molecule has 9 nitrogen and oxygen atoms in total. The average molecular weight is 453 g/mol. The molecular formula is C22H28N8OS. The second-order valence-corrected chi connectivity index (χ2v) is 9.00. The van der Waals surface area contributed by atoms with Crippen LogP contribution >= 0.6 is 11.3 Å². The standard InChI is InChI=1S/C22H28N8OS/c1-14(2)20-22(32-13-26-20)27-17-10-19(25-12-16(17)21(23)31)28-18-5-4-15(11-24-18)30-8-6-29(3)7-9-30/h4-5,10-14H,6-9H2,1-3H3,(H2,23,31)(H2,24,25,27,28). The summed E-state index contributed by atoms with van der Waals surface area (Å²) in [6.07, 6.45) is 3.35. The van der Waals surface area contributed by atoms with Gasteiger partial charge in [-0.25, -0.2) is 15.0 Å². The molecule has 4 N–H and O–H groups in total. The van der Waals surface area contributed by atoms with Crippen molar-refractivity contribution < 1.29 is 4.79 Å². The number of anilines is 5. The van der Waals surface area contributed by atoms with Gasteiger partial charge in [-0.2, -0.15) is 0 Å². The number of aromatic nitrogens is 3. The molecule has 4 heterocycles. The zero-order chi connectivity index (χ0) is 22.7. The molecule has 0 aromatic carbocycles. The Balaban J connectivity index is 1.52. The molecule has 1 aliphatic rings. The van der Waals surface area contributed by atoms with Crippen LogP contribution in [0.15, 0.2) is 36.1 Å². The first-order valence-electron chi connectivity index (χ1n) is 10.6. The number of rotatable bonds is 7. The predicted octanol–water partition coefficient (Wildman–Crippen LogP) is 3.39. The summed E-state index contributed by atoms with van der Waals surface area (Å²) in [4.78, 5) is 29.9. The number of primary amides is 1. The SMILES string of the molecule is CC(C)c1ncsc1Nc1cc(Nc2ccc(N3CCN(C)CC3)cn2)ncc1C(N)=O. The molecular weight excluding hydrogens is 424 g/mol. The summed E-state index contributed by atoms with van der Waals surface area (Å²) in [5, 5.41) is 7.40. The molecule has 0 atom stereocenters. The van der Waals surface area contributed by atoms with Crippen LogP contribution in [0, 0.1) is 0 Å². The third-order valence-corrected chi connectivity index (χ3v) is 6.19. The average Bonchev–Trinajstić information content (AvgIpc) is 3.23. The van der Waals surface area contributed by atoms with Gasteiger partial charge in [0.2, 0.25) is 0 Å². The monoisotopic (exact) mass is 452 g/mol. The number of nitrogens with two attached hydrogens (primary N) is 1. The normalized spacial score (nSPS) is 14.6. The minimum absolute atomic E-state index is 0.253. The number of amides is 1. The van der Waals surface area contributed by atoms with Crippen LogP contribution in [0.2, 0.25) is 0 Å². The molecule has 32 heavy (non-hydrogen) atoms. The molecule has 0 spiro atoms. The Morgan fingerprint density at radius 2 is 1.81 bits per heavy atom. The van der Waals surface area contributed by atoms with Crippen LogP contribution < -0.4 is 21.3 Å². The summed E-state index contributed by atoms with van der Waals surface area (Å²) < 4.78 is 0. The smallest absolute Gasteiger partial charge is 0.252 e. The van der Waals surface area contributed by atoms with Gasteiger partial charge < -0.3 is 26.2 Å². The number of carbonyl (C=O) groups is 1. The Morgan fingerprint density at radius 1 is 1.06 bits per heavy atom. The van der Waals surface area contributed by atoms with Crippen LogP contribution in [0.4, 0.5) is 28.0 Å². The van der Waals surface area contributed by atoms with Crippen molar-refractivity contribution in [1.82, 2.24) is 19.9 Å². The van der Waals surface area contributed by atoms with Gasteiger partial charge in [0, 0.05) is 38.4 Å². The van der Waals surface area contributed by atoms with Gasteiger partial charge >= 0.3 is 0 Å². The second-order valence-electron chi connectivity index (χ2n) is 8.14. The van der Waals surface area contributed by atoms with Crippen molar-refractivity contribution in [2.24, 2.45) is 5.73 Å². The molecule has 0 unspecified atom stereocenters. The van der Waals surface area contributed by atoms with E-state index in [2.05, 4.69) is 62.3 Å². The molecule has 0 radical (unpaired) electrons. The maximum atomic E-state index is 11.9. The molecule has 168 valence electrons. The largest absolute Gasteiger partial charge is 0.368 e. The van der Waals surface area contributed by atoms with Gasteiger partial charge in [-0.3, -0.25) is 4.79 Å². The van der Waals surface area contributed by atoms with Crippen LogP contribution in [0.25, 0.3) is 0 Å². The van der Waals surface area contributed by atoms with E-state index in [1.165, 1.54) is 17.5 Å². The fourth-order valence-electron chi connectivity index (χ4n) is 3.55. The maximum absolute atomic E-state index is 11.9. The van der Waals surface area contributed by atoms with E-state index in [-0.39, 0.29) is 5.92 Å². The number of pyridine rings is 2. The van der Waals surface area contributed by atoms with Crippen molar-refractivity contribution in [3.8, 4) is 0 Å². The van der Waals surface area contributed by atoms with E-state index in [0.29, 0.717) is 22.9 Å². The van der Waals surface area contributed by atoms with E-state index >= 15 is 0 Å².